The highest BCUT2D eigenvalue weighted by atomic mass is 16.6. The lowest BCUT2D eigenvalue weighted by Gasteiger charge is -2.32. The average molecular weight is 419 g/mol. The molecule has 0 saturated carbocycles. The summed E-state index contributed by atoms with van der Waals surface area (Å²) in [5.41, 5.74) is 2.82. The predicted molar refractivity (Wildman–Crippen MR) is 114 cm³/mol. The van der Waals surface area contributed by atoms with E-state index in [0.717, 1.165) is 11.1 Å². The van der Waals surface area contributed by atoms with Gasteiger partial charge in [0.1, 0.15) is 5.60 Å². The van der Waals surface area contributed by atoms with Gasteiger partial charge in [0.2, 0.25) is 0 Å². The Bertz CT molecular complexity index is 776. The summed E-state index contributed by atoms with van der Waals surface area (Å²) in [6, 6.07) is 5.88. The van der Waals surface area contributed by atoms with E-state index in [1.165, 1.54) is 5.56 Å². The van der Waals surface area contributed by atoms with E-state index in [0.29, 0.717) is 25.9 Å². The second-order valence-corrected chi connectivity index (χ2v) is 8.98. The molecule has 2 amide bonds. The fraction of sp³-hybridized carbons (Fsp3) is 0.609. The highest BCUT2D eigenvalue weighted by molar-refractivity contribution is 5.81. The van der Waals surface area contributed by atoms with Crippen LogP contribution in [0.3, 0.4) is 0 Å². The van der Waals surface area contributed by atoms with Crippen molar-refractivity contribution in [2.75, 3.05) is 19.7 Å². The van der Waals surface area contributed by atoms with Gasteiger partial charge in [0.25, 0.3) is 5.91 Å². The van der Waals surface area contributed by atoms with Gasteiger partial charge in [-0.2, -0.15) is 0 Å². The number of benzene rings is 1. The predicted octanol–water partition coefficient (Wildman–Crippen LogP) is 3.67. The Morgan fingerprint density at radius 1 is 1.13 bits per heavy atom. The molecule has 0 aliphatic carbocycles. The maximum Gasteiger partial charge on any atom is 0.410 e. The Morgan fingerprint density at radius 3 is 2.33 bits per heavy atom. The first kappa shape index (κ1) is 23.7. The van der Waals surface area contributed by atoms with E-state index in [-0.39, 0.29) is 30.6 Å². The van der Waals surface area contributed by atoms with E-state index in [4.69, 9.17) is 9.47 Å². The highest BCUT2D eigenvalue weighted by Crippen LogP contribution is 2.21. The zero-order valence-electron chi connectivity index (χ0n) is 18.9. The minimum atomic E-state index is -0.547. The second-order valence-electron chi connectivity index (χ2n) is 8.98. The largest absolute Gasteiger partial charge is 0.455 e. The molecule has 166 valence electrons. The third kappa shape index (κ3) is 7.04. The summed E-state index contributed by atoms with van der Waals surface area (Å²) >= 11 is 0. The second kappa shape index (κ2) is 9.96. The molecular weight excluding hydrogens is 384 g/mol. The highest BCUT2D eigenvalue weighted by Gasteiger charge is 2.31. The summed E-state index contributed by atoms with van der Waals surface area (Å²) in [7, 11) is 0. The lowest BCUT2D eigenvalue weighted by molar-refractivity contribution is -0.154. The van der Waals surface area contributed by atoms with Crippen LogP contribution in [0.1, 0.15) is 63.3 Å². The molecular formula is C23H34N2O5. The van der Waals surface area contributed by atoms with Crippen LogP contribution in [0.15, 0.2) is 18.2 Å². The van der Waals surface area contributed by atoms with Crippen molar-refractivity contribution in [3.63, 3.8) is 0 Å². The number of nitrogens with zero attached hydrogens (tertiary/aromatic N) is 1. The van der Waals surface area contributed by atoms with E-state index in [9.17, 15) is 14.4 Å². The Morgan fingerprint density at radius 2 is 1.77 bits per heavy atom. The van der Waals surface area contributed by atoms with Gasteiger partial charge in [-0.05, 0) is 71.1 Å². The third-order valence-electron chi connectivity index (χ3n) is 5.23. The minimum absolute atomic E-state index is 0.174. The third-order valence-corrected chi connectivity index (χ3v) is 5.23. The first-order valence-electron chi connectivity index (χ1n) is 10.5. The van der Waals surface area contributed by atoms with Crippen LogP contribution in [-0.2, 0) is 19.1 Å². The number of amides is 2. The Hall–Kier alpha value is -2.57. The number of carbonyl (C=O) groups is 3. The molecule has 0 spiro atoms. The first-order chi connectivity index (χ1) is 14.0. The maximum absolute atomic E-state index is 12.3. The fourth-order valence-electron chi connectivity index (χ4n) is 3.28. The Kier molecular flexibility index (Phi) is 7.87. The molecule has 0 bridgehead atoms. The molecule has 1 N–H and O–H groups in total. The van der Waals surface area contributed by atoms with E-state index < -0.39 is 11.6 Å². The SMILES string of the molecule is Cc1ccc([C@H](C)NC(=O)COC(=O)C2CCN(C(=O)OC(C)(C)C)CC2)cc1C. The van der Waals surface area contributed by atoms with Crippen molar-refractivity contribution in [3.8, 4) is 0 Å². The zero-order valence-corrected chi connectivity index (χ0v) is 18.9. The van der Waals surface area contributed by atoms with Gasteiger partial charge in [-0.25, -0.2) is 4.79 Å². The quantitative estimate of drug-likeness (QED) is 0.738. The molecule has 7 nitrogen and oxygen atoms in total. The number of piperidine rings is 1. The van der Waals surface area contributed by atoms with Crippen LogP contribution in [0.5, 0.6) is 0 Å². The molecule has 2 rings (SSSR count). The molecule has 1 aliphatic heterocycles. The van der Waals surface area contributed by atoms with E-state index in [2.05, 4.69) is 5.32 Å². The van der Waals surface area contributed by atoms with Crippen LogP contribution >= 0.6 is 0 Å². The molecule has 1 aromatic carbocycles. The van der Waals surface area contributed by atoms with Crippen molar-refractivity contribution in [2.45, 2.75) is 66.0 Å². The lowest BCUT2D eigenvalue weighted by atomic mass is 9.97. The van der Waals surface area contributed by atoms with Crippen LogP contribution in [0.4, 0.5) is 4.79 Å². The molecule has 1 fully saturated rings. The van der Waals surface area contributed by atoms with Crippen molar-refractivity contribution < 1.29 is 23.9 Å². The number of likely N-dealkylation sites (tertiary alicyclic amines) is 1. The summed E-state index contributed by atoms with van der Waals surface area (Å²) in [6.07, 6.45) is 0.631. The van der Waals surface area contributed by atoms with Crippen LogP contribution < -0.4 is 5.32 Å². The number of hydrogen-bond donors (Lipinski definition) is 1. The Labute approximate surface area is 179 Å². The summed E-state index contributed by atoms with van der Waals surface area (Å²) in [6.45, 7) is 12.0. The summed E-state index contributed by atoms with van der Waals surface area (Å²) < 4.78 is 10.6. The molecule has 1 aromatic rings. The van der Waals surface area contributed by atoms with Crippen LogP contribution in [0, 0.1) is 19.8 Å². The number of esters is 1. The van der Waals surface area contributed by atoms with Gasteiger partial charge in [0, 0.05) is 13.1 Å². The van der Waals surface area contributed by atoms with E-state index >= 15 is 0 Å². The van der Waals surface area contributed by atoms with Gasteiger partial charge >= 0.3 is 12.1 Å². The van der Waals surface area contributed by atoms with Gasteiger partial charge in [-0.15, -0.1) is 0 Å². The number of aryl methyl sites for hydroxylation is 2. The normalized spacial score (nSPS) is 16.0. The summed E-state index contributed by atoms with van der Waals surface area (Å²) in [5, 5.41) is 2.86. The van der Waals surface area contributed by atoms with Crippen molar-refractivity contribution in [3.05, 3.63) is 34.9 Å². The van der Waals surface area contributed by atoms with Gasteiger partial charge in [-0.3, -0.25) is 9.59 Å². The monoisotopic (exact) mass is 418 g/mol. The number of carbonyl (C=O) groups excluding carboxylic acids is 3. The molecule has 1 aliphatic rings. The number of rotatable bonds is 5. The van der Waals surface area contributed by atoms with Gasteiger partial charge in [0.15, 0.2) is 6.61 Å². The molecule has 1 heterocycles. The van der Waals surface area contributed by atoms with Crippen LogP contribution in [0.2, 0.25) is 0 Å². The molecule has 1 atom stereocenters. The van der Waals surface area contributed by atoms with Gasteiger partial charge in [0.05, 0.1) is 12.0 Å². The molecule has 1 saturated heterocycles. The molecule has 0 aromatic heterocycles. The number of nitrogens with one attached hydrogen (secondary N) is 1. The topological polar surface area (TPSA) is 84.9 Å². The summed E-state index contributed by atoms with van der Waals surface area (Å²) in [5.74, 6) is -1.04. The maximum atomic E-state index is 12.3. The standard InChI is InChI=1S/C23H34N2O5/c1-15-7-8-19(13-16(15)2)17(3)24-20(26)14-29-21(27)18-9-11-25(12-10-18)22(28)30-23(4,5)6/h7-8,13,17-18H,9-12,14H2,1-6H3,(H,24,26)/t17-/m0/s1. The van der Waals surface area contributed by atoms with E-state index in [1.807, 2.05) is 59.7 Å². The number of hydrogen-bond acceptors (Lipinski definition) is 5. The first-order valence-corrected chi connectivity index (χ1v) is 10.5. The van der Waals surface area contributed by atoms with Crippen LogP contribution in [-0.4, -0.2) is 48.2 Å². The van der Waals surface area contributed by atoms with Gasteiger partial charge < -0.3 is 19.7 Å². The molecule has 30 heavy (non-hydrogen) atoms. The van der Waals surface area contributed by atoms with Crippen molar-refractivity contribution in [1.82, 2.24) is 10.2 Å². The lowest BCUT2D eigenvalue weighted by Crippen LogP contribution is -2.43. The minimum Gasteiger partial charge on any atom is -0.455 e. The number of ether oxygens (including phenoxy) is 2. The smallest absolute Gasteiger partial charge is 0.410 e. The molecule has 0 radical (unpaired) electrons. The van der Waals surface area contributed by atoms with Crippen molar-refractivity contribution in [2.24, 2.45) is 5.92 Å². The van der Waals surface area contributed by atoms with Crippen molar-refractivity contribution >= 4 is 18.0 Å². The zero-order chi connectivity index (χ0) is 22.5. The summed E-state index contributed by atoms with van der Waals surface area (Å²) in [4.78, 5) is 38.2. The molecule has 0 unspecified atom stereocenters. The Balaban J connectivity index is 1.74. The fourth-order valence-corrected chi connectivity index (χ4v) is 3.28. The van der Waals surface area contributed by atoms with Crippen molar-refractivity contribution in [1.29, 1.82) is 0 Å². The van der Waals surface area contributed by atoms with E-state index in [1.54, 1.807) is 4.90 Å². The van der Waals surface area contributed by atoms with Crippen LogP contribution in [0.25, 0.3) is 0 Å². The van der Waals surface area contributed by atoms with Gasteiger partial charge in [-0.1, -0.05) is 18.2 Å². The average Bonchev–Trinajstić information content (AvgIpc) is 2.67. The molecule has 7 heteroatoms.